The van der Waals surface area contributed by atoms with E-state index in [1.165, 1.54) is 22.4 Å². The number of hydrogen-bond acceptors (Lipinski definition) is 3. The SMILES string of the molecule is CCNC(Cc1c(C)cccc1C)c1csc(C)n1. The van der Waals surface area contributed by atoms with Gasteiger partial charge in [0.25, 0.3) is 0 Å². The van der Waals surface area contributed by atoms with Crippen molar-refractivity contribution in [2.24, 2.45) is 0 Å². The summed E-state index contributed by atoms with van der Waals surface area (Å²) in [6.45, 7) is 9.56. The van der Waals surface area contributed by atoms with Crippen LogP contribution in [0.2, 0.25) is 0 Å². The highest BCUT2D eigenvalue weighted by Gasteiger charge is 2.16. The molecule has 2 nitrogen and oxygen atoms in total. The molecule has 1 atom stereocenters. The van der Waals surface area contributed by atoms with Gasteiger partial charge >= 0.3 is 0 Å². The second-order valence-electron chi connectivity index (χ2n) is 4.98. The number of nitrogens with one attached hydrogen (secondary N) is 1. The predicted octanol–water partition coefficient (Wildman–Crippen LogP) is 3.96. The largest absolute Gasteiger partial charge is 0.309 e. The average molecular weight is 274 g/mol. The van der Waals surface area contributed by atoms with Crippen LogP contribution in [0.5, 0.6) is 0 Å². The standard InChI is InChI=1S/C16H22N2S/c1-5-17-15(16-10-19-13(4)18-16)9-14-11(2)7-6-8-12(14)3/h6-8,10,15,17H,5,9H2,1-4H3. The maximum Gasteiger partial charge on any atom is 0.0898 e. The number of nitrogens with zero attached hydrogens (tertiary/aromatic N) is 1. The number of aromatic nitrogens is 1. The summed E-state index contributed by atoms with van der Waals surface area (Å²) in [7, 11) is 0. The second kappa shape index (κ2) is 6.31. The Labute approximate surface area is 119 Å². The van der Waals surface area contributed by atoms with Crippen molar-refractivity contribution in [1.82, 2.24) is 10.3 Å². The van der Waals surface area contributed by atoms with Crippen molar-refractivity contribution in [1.29, 1.82) is 0 Å². The summed E-state index contributed by atoms with van der Waals surface area (Å²) in [5.74, 6) is 0. The number of thiazole rings is 1. The summed E-state index contributed by atoms with van der Waals surface area (Å²) in [4.78, 5) is 4.64. The lowest BCUT2D eigenvalue weighted by molar-refractivity contribution is 0.536. The lowest BCUT2D eigenvalue weighted by Gasteiger charge is -2.18. The van der Waals surface area contributed by atoms with Gasteiger partial charge < -0.3 is 5.32 Å². The third-order valence-corrected chi connectivity index (χ3v) is 4.29. The number of aryl methyl sites for hydroxylation is 3. The van der Waals surface area contributed by atoms with Crippen LogP contribution in [0.1, 0.15) is 40.4 Å². The molecule has 2 aromatic rings. The fraction of sp³-hybridized carbons (Fsp3) is 0.438. The van der Waals surface area contributed by atoms with Crippen LogP contribution in [0.25, 0.3) is 0 Å². The molecular formula is C16H22N2S. The molecule has 2 rings (SSSR count). The van der Waals surface area contributed by atoms with E-state index in [0.29, 0.717) is 6.04 Å². The Morgan fingerprint density at radius 2 is 1.89 bits per heavy atom. The second-order valence-corrected chi connectivity index (χ2v) is 6.04. The topological polar surface area (TPSA) is 24.9 Å². The van der Waals surface area contributed by atoms with Gasteiger partial charge in [-0.3, -0.25) is 0 Å². The van der Waals surface area contributed by atoms with Gasteiger partial charge in [-0.05, 0) is 50.4 Å². The van der Waals surface area contributed by atoms with Gasteiger partial charge in [-0.15, -0.1) is 11.3 Å². The quantitative estimate of drug-likeness (QED) is 0.892. The summed E-state index contributed by atoms with van der Waals surface area (Å²) in [6, 6.07) is 6.83. The Hall–Kier alpha value is -1.19. The number of likely N-dealkylation sites (N-methyl/N-ethyl adjacent to an activating group) is 1. The maximum atomic E-state index is 4.64. The number of benzene rings is 1. The molecule has 1 heterocycles. The van der Waals surface area contributed by atoms with Crippen molar-refractivity contribution in [3.05, 3.63) is 51.0 Å². The fourth-order valence-electron chi connectivity index (χ4n) is 2.44. The van der Waals surface area contributed by atoms with Crippen molar-refractivity contribution in [3.63, 3.8) is 0 Å². The molecule has 1 aromatic carbocycles. The van der Waals surface area contributed by atoms with Gasteiger partial charge in [-0.2, -0.15) is 0 Å². The molecule has 3 heteroatoms. The van der Waals surface area contributed by atoms with Crippen molar-refractivity contribution in [3.8, 4) is 0 Å². The van der Waals surface area contributed by atoms with Gasteiger partial charge in [-0.25, -0.2) is 4.98 Å². The molecule has 0 bridgehead atoms. The van der Waals surface area contributed by atoms with Crippen molar-refractivity contribution < 1.29 is 0 Å². The van der Waals surface area contributed by atoms with Crippen molar-refractivity contribution in [2.45, 2.75) is 40.2 Å². The molecule has 1 aromatic heterocycles. The highest BCUT2D eigenvalue weighted by atomic mass is 32.1. The number of rotatable bonds is 5. The molecule has 0 fully saturated rings. The van der Waals surface area contributed by atoms with E-state index in [9.17, 15) is 0 Å². The first-order valence-electron chi connectivity index (χ1n) is 6.82. The first-order chi connectivity index (χ1) is 9.11. The molecule has 0 saturated carbocycles. The smallest absolute Gasteiger partial charge is 0.0898 e. The van der Waals surface area contributed by atoms with E-state index in [4.69, 9.17) is 0 Å². The summed E-state index contributed by atoms with van der Waals surface area (Å²) < 4.78 is 0. The van der Waals surface area contributed by atoms with Gasteiger partial charge in [0, 0.05) is 5.38 Å². The molecule has 0 saturated heterocycles. The molecular weight excluding hydrogens is 252 g/mol. The zero-order valence-electron chi connectivity index (χ0n) is 12.2. The lowest BCUT2D eigenvalue weighted by atomic mass is 9.95. The summed E-state index contributed by atoms with van der Waals surface area (Å²) >= 11 is 1.73. The monoisotopic (exact) mass is 274 g/mol. The van der Waals surface area contributed by atoms with E-state index in [-0.39, 0.29) is 0 Å². The highest BCUT2D eigenvalue weighted by Crippen LogP contribution is 2.24. The first-order valence-corrected chi connectivity index (χ1v) is 7.70. The Morgan fingerprint density at radius 3 is 2.42 bits per heavy atom. The third-order valence-electron chi connectivity index (χ3n) is 3.50. The van der Waals surface area contributed by atoms with Gasteiger partial charge in [0.1, 0.15) is 0 Å². The van der Waals surface area contributed by atoms with Crippen LogP contribution in [-0.4, -0.2) is 11.5 Å². The number of hydrogen-bond donors (Lipinski definition) is 1. The lowest BCUT2D eigenvalue weighted by Crippen LogP contribution is -2.24. The molecule has 0 spiro atoms. The van der Waals surface area contributed by atoms with Gasteiger partial charge in [0.2, 0.25) is 0 Å². The van der Waals surface area contributed by atoms with E-state index in [1.807, 2.05) is 0 Å². The zero-order chi connectivity index (χ0) is 13.8. The van der Waals surface area contributed by atoms with Crippen LogP contribution in [0.3, 0.4) is 0 Å². The van der Waals surface area contributed by atoms with Crippen LogP contribution >= 0.6 is 11.3 Å². The highest BCUT2D eigenvalue weighted by molar-refractivity contribution is 7.09. The fourth-order valence-corrected chi connectivity index (χ4v) is 3.11. The Kier molecular flexibility index (Phi) is 4.72. The van der Waals surface area contributed by atoms with E-state index >= 15 is 0 Å². The summed E-state index contributed by atoms with van der Waals surface area (Å²) in [5, 5.41) is 6.87. The van der Waals surface area contributed by atoms with Crippen LogP contribution in [0.15, 0.2) is 23.6 Å². The first kappa shape index (κ1) is 14.2. The molecule has 0 amide bonds. The third kappa shape index (κ3) is 3.43. The van der Waals surface area contributed by atoms with Crippen molar-refractivity contribution >= 4 is 11.3 Å². The van der Waals surface area contributed by atoms with Crippen LogP contribution in [-0.2, 0) is 6.42 Å². The molecule has 0 aliphatic heterocycles. The molecule has 0 aliphatic carbocycles. The van der Waals surface area contributed by atoms with Crippen LogP contribution in [0, 0.1) is 20.8 Å². The van der Waals surface area contributed by atoms with Gasteiger partial charge in [-0.1, -0.05) is 25.1 Å². The van der Waals surface area contributed by atoms with E-state index < -0.39 is 0 Å². The summed E-state index contributed by atoms with van der Waals surface area (Å²) in [5.41, 5.74) is 5.36. The molecule has 1 N–H and O–H groups in total. The Morgan fingerprint density at radius 1 is 1.21 bits per heavy atom. The average Bonchev–Trinajstić information content (AvgIpc) is 2.79. The molecule has 0 aliphatic rings. The van der Waals surface area contributed by atoms with E-state index in [2.05, 4.69) is 61.6 Å². The normalized spacial score (nSPS) is 12.6. The van der Waals surface area contributed by atoms with Crippen LogP contribution in [0.4, 0.5) is 0 Å². The molecule has 19 heavy (non-hydrogen) atoms. The predicted molar refractivity (Wildman–Crippen MR) is 82.9 cm³/mol. The van der Waals surface area contributed by atoms with E-state index in [1.54, 1.807) is 11.3 Å². The minimum Gasteiger partial charge on any atom is -0.309 e. The van der Waals surface area contributed by atoms with Crippen molar-refractivity contribution in [2.75, 3.05) is 6.54 Å². The molecule has 1 unspecified atom stereocenters. The van der Waals surface area contributed by atoms with Crippen LogP contribution < -0.4 is 5.32 Å². The van der Waals surface area contributed by atoms with Gasteiger partial charge in [0.15, 0.2) is 0 Å². The minimum atomic E-state index is 0.315. The van der Waals surface area contributed by atoms with E-state index in [0.717, 1.165) is 18.0 Å². The zero-order valence-corrected chi connectivity index (χ0v) is 13.0. The Balaban J connectivity index is 2.26. The Bertz CT molecular complexity index is 525. The van der Waals surface area contributed by atoms with Gasteiger partial charge in [0.05, 0.1) is 16.7 Å². The summed E-state index contributed by atoms with van der Waals surface area (Å²) in [6.07, 6.45) is 1.01. The maximum absolute atomic E-state index is 4.64. The minimum absolute atomic E-state index is 0.315. The molecule has 102 valence electrons. The molecule has 0 radical (unpaired) electrons.